The Morgan fingerprint density at radius 1 is 1.47 bits per heavy atom. The molecule has 1 saturated heterocycles. The summed E-state index contributed by atoms with van der Waals surface area (Å²) in [6, 6.07) is -0.322. The Bertz CT molecular complexity index is 247. The van der Waals surface area contributed by atoms with Crippen molar-refractivity contribution in [3.8, 4) is 0 Å². The van der Waals surface area contributed by atoms with Crippen LogP contribution in [0.2, 0.25) is 0 Å². The highest BCUT2D eigenvalue weighted by atomic mass is 32.2. The first-order valence-electron chi connectivity index (χ1n) is 5.77. The lowest BCUT2D eigenvalue weighted by Crippen LogP contribution is -2.40. The molecule has 0 aromatic rings. The van der Waals surface area contributed by atoms with Gasteiger partial charge in [-0.2, -0.15) is 0 Å². The van der Waals surface area contributed by atoms with E-state index in [2.05, 4.69) is 12.2 Å². The molecule has 1 aliphatic carbocycles. The van der Waals surface area contributed by atoms with E-state index in [4.69, 9.17) is 5.11 Å². The Hall–Kier alpha value is -0.220. The Labute approximate surface area is 95.0 Å². The molecule has 86 valence electrons. The maximum Gasteiger partial charge on any atom is 0.321 e. The molecule has 4 heteroatoms. The number of hydrogen-bond donors (Lipinski definition) is 2. The maximum absolute atomic E-state index is 10.8. The standard InChI is InChI=1S/C11H19NO2S/c1-7-3-2-4-8(5-7)10-12-9(6-15-10)11(13)14/h7-10,12H,2-6H2,1H3,(H,13,14)/t7?,8?,9-,10?/m0/s1. The van der Waals surface area contributed by atoms with Gasteiger partial charge in [-0.15, -0.1) is 11.8 Å². The molecule has 0 aromatic heterocycles. The van der Waals surface area contributed by atoms with Gasteiger partial charge in [0.1, 0.15) is 6.04 Å². The number of aliphatic carboxylic acids is 1. The summed E-state index contributed by atoms with van der Waals surface area (Å²) in [7, 11) is 0. The van der Waals surface area contributed by atoms with E-state index in [1.165, 1.54) is 25.7 Å². The first-order valence-corrected chi connectivity index (χ1v) is 6.82. The molecule has 1 aliphatic heterocycles. The monoisotopic (exact) mass is 229 g/mol. The highest BCUT2D eigenvalue weighted by Crippen LogP contribution is 2.37. The summed E-state index contributed by atoms with van der Waals surface area (Å²) in [6.07, 6.45) is 5.18. The van der Waals surface area contributed by atoms with Crippen molar-refractivity contribution in [2.75, 3.05) is 5.75 Å². The summed E-state index contributed by atoms with van der Waals surface area (Å²) >= 11 is 1.80. The van der Waals surface area contributed by atoms with Gasteiger partial charge in [0.05, 0.1) is 5.37 Å². The van der Waals surface area contributed by atoms with Gasteiger partial charge >= 0.3 is 5.97 Å². The first kappa shape index (κ1) is 11.3. The summed E-state index contributed by atoms with van der Waals surface area (Å²) in [4.78, 5) is 10.8. The number of carboxylic acids is 1. The number of rotatable bonds is 2. The molecule has 0 aromatic carbocycles. The summed E-state index contributed by atoms with van der Waals surface area (Å²) < 4.78 is 0. The minimum atomic E-state index is -0.700. The van der Waals surface area contributed by atoms with Crippen LogP contribution in [-0.4, -0.2) is 28.2 Å². The molecule has 0 amide bonds. The van der Waals surface area contributed by atoms with Gasteiger partial charge in [0.15, 0.2) is 0 Å². The predicted octanol–water partition coefficient (Wildman–Crippen LogP) is 1.93. The van der Waals surface area contributed by atoms with Crippen molar-refractivity contribution in [3.63, 3.8) is 0 Å². The van der Waals surface area contributed by atoms with E-state index in [1.54, 1.807) is 11.8 Å². The molecular formula is C11H19NO2S. The topological polar surface area (TPSA) is 49.3 Å². The van der Waals surface area contributed by atoms with Gasteiger partial charge in [-0.3, -0.25) is 10.1 Å². The van der Waals surface area contributed by atoms with Gasteiger partial charge in [0.2, 0.25) is 0 Å². The Balaban J connectivity index is 1.87. The fourth-order valence-corrected chi connectivity index (χ4v) is 4.08. The molecule has 2 N–H and O–H groups in total. The van der Waals surface area contributed by atoms with Crippen molar-refractivity contribution in [2.24, 2.45) is 11.8 Å². The molecule has 15 heavy (non-hydrogen) atoms. The van der Waals surface area contributed by atoms with E-state index in [0.717, 1.165) is 11.7 Å². The zero-order chi connectivity index (χ0) is 10.8. The zero-order valence-corrected chi connectivity index (χ0v) is 9.93. The number of thioether (sulfide) groups is 1. The Kier molecular flexibility index (Phi) is 3.57. The molecule has 3 nitrogen and oxygen atoms in total. The lowest BCUT2D eigenvalue weighted by Gasteiger charge is -2.30. The first-order chi connectivity index (χ1) is 7.16. The largest absolute Gasteiger partial charge is 0.480 e. The van der Waals surface area contributed by atoms with Crippen LogP contribution in [0.15, 0.2) is 0 Å². The van der Waals surface area contributed by atoms with Crippen molar-refractivity contribution in [1.29, 1.82) is 0 Å². The van der Waals surface area contributed by atoms with E-state index >= 15 is 0 Å². The lowest BCUT2D eigenvalue weighted by molar-refractivity contribution is -0.138. The van der Waals surface area contributed by atoms with Gasteiger partial charge in [-0.1, -0.05) is 19.8 Å². The van der Waals surface area contributed by atoms with Crippen LogP contribution in [0.25, 0.3) is 0 Å². The molecular weight excluding hydrogens is 210 g/mol. The van der Waals surface area contributed by atoms with Gasteiger partial charge in [-0.05, 0) is 24.7 Å². The van der Waals surface area contributed by atoms with E-state index in [0.29, 0.717) is 11.3 Å². The predicted molar refractivity (Wildman–Crippen MR) is 61.9 cm³/mol. The maximum atomic E-state index is 10.8. The summed E-state index contributed by atoms with van der Waals surface area (Å²) in [5.74, 6) is 1.53. The molecule has 2 rings (SSSR count). The molecule has 0 spiro atoms. The van der Waals surface area contributed by atoms with Crippen molar-refractivity contribution in [2.45, 2.75) is 44.0 Å². The average Bonchev–Trinajstić information content (AvgIpc) is 2.66. The molecule has 4 atom stereocenters. The van der Waals surface area contributed by atoms with Crippen molar-refractivity contribution >= 4 is 17.7 Å². The Morgan fingerprint density at radius 3 is 2.87 bits per heavy atom. The normalized spacial score (nSPS) is 41.7. The zero-order valence-electron chi connectivity index (χ0n) is 9.11. The van der Waals surface area contributed by atoms with E-state index in [-0.39, 0.29) is 6.04 Å². The molecule has 2 fully saturated rings. The minimum Gasteiger partial charge on any atom is -0.480 e. The molecule has 3 unspecified atom stereocenters. The van der Waals surface area contributed by atoms with Crippen molar-refractivity contribution in [3.05, 3.63) is 0 Å². The van der Waals surface area contributed by atoms with Gasteiger partial charge in [-0.25, -0.2) is 0 Å². The van der Waals surface area contributed by atoms with E-state index < -0.39 is 5.97 Å². The number of carboxylic acid groups (broad SMARTS) is 1. The lowest BCUT2D eigenvalue weighted by atomic mass is 9.82. The summed E-state index contributed by atoms with van der Waals surface area (Å²) in [6.45, 7) is 2.31. The van der Waals surface area contributed by atoms with Crippen LogP contribution >= 0.6 is 11.8 Å². The van der Waals surface area contributed by atoms with Gasteiger partial charge in [0, 0.05) is 5.75 Å². The number of carbonyl (C=O) groups is 1. The second-order valence-electron chi connectivity index (χ2n) is 4.84. The smallest absolute Gasteiger partial charge is 0.321 e. The van der Waals surface area contributed by atoms with Gasteiger partial charge in [0.25, 0.3) is 0 Å². The fourth-order valence-electron chi connectivity index (χ4n) is 2.67. The van der Waals surface area contributed by atoms with Crippen molar-refractivity contribution < 1.29 is 9.90 Å². The highest BCUT2D eigenvalue weighted by Gasteiger charge is 2.35. The molecule has 1 saturated carbocycles. The third kappa shape index (κ3) is 2.67. The van der Waals surface area contributed by atoms with E-state index in [1.807, 2.05) is 0 Å². The van der Waals surface area contributed by atoms with Crippen molar-refractivity contribution in [1.82, 2.24) is 5.32 Å². The van der Waals surface area contributed by atoms with Crippen LogP contribution in [0.5, 0.6) is 0 Å². The minimum absolute atomic E-state index is 0.322. The van der Waals surface area contributed by atoms with E-state index in [9.17, 15) is 4.79 Å². The molecule has 1 heterocycles. The quantitative estimate of drug-likeness (QED) is 0.759. The number of hydrogen-bond acceptors (Lipinski definition) is 3. The molecule has 0 bridgehead atoms. The Morgan fingerprint density at radius 2 is 2.27 bits per heavy atom. The van der Waals surface area contributed by atoms with Crippen LogP contribution < -0.4 is 5.32 Å². The molecule has 0 radical (unpaired) electrons. The van der Waals surface area contributed by atoms with Crippen LogP contribution in [0, 0.1) is 11.8 Å². The van der Waals surface area contributed by atoms with Crippen LogP contribution in [0.3, 0.4) is 0 Å². The van der Waals surface area contributed by atoms with Crippen LogP contribution in [-0.2, 0) is 4.79 Å². The second-order valence-corrected chi connectivity index (χ2v) is 6.02. The summed E-state index contributed by atoms with van der Waals surface area (Å²) in [5, 5.41) is 12.5. The third-order valence-electron chi connectivity index (χ3n) is 3.51. The van der Waals surface area contributed by atoms with Crippen LogP contribution in [0.1, 0.15) is 32.6 Å². The summed E-state index contributed by atoms with van der Waals surface area (Å²) in [5.41, 5.74) is 0. The highest BCUT2D eigenvalue weighted by molar-refractivity contribution is 8.00. The second kappa shape index (κ2) is 4.74. The van der Waals surface area contributed by atoms with Gasteiger partial charge < -0.3 is 5.11 Å². The molecule has 2 aliphatic rings. The average molecular weight is 229 g/mol. The number of nitrogens with one attached hydrogen (secondary N) is 1. The third-order valence-corrected chi connectivity index (χ3v) is 4.92. The van der Waals surface area contributed by atoms with Crippen LogP contribution in [0.4, 0.5) is 0 Å². The fraction of sp³-hybridized carbons (Fsp3) is 0.909. The SMILES string of the molecule is CC1CCCC(C2N[C@H](C(=O)O)CS2)C1.